The summed E-state index contributed by atoms with van der Waals surface area (Å²) in [5, 5.41) is 12.2. The Bertz CT molecular complexity index is 761. The van der Waals surface area contributed by atoms with E-state index in [0.717, 1.165) is 12.0 Å². The number of ether oxygens (including phenoxy) is 2. The van der Waals surface area contributed by atoms with E-state index in [0.29, 0.717) is 13.0 Å². The molecule has 0 spiro atoms. The summed E-state index contributed by atoms with van der Waals surface area (Å²) in [6.45, 7) is 7.63. The number of carboxylic acid groups (broad SMARTS) is 1. The van der Waals surface area contributed by atoms with Crippen LogP contribution in [-0.2, 0) is 25.5 Å². The molecule has 0 saturated carbocycles. The monoisotopic (exact) mass is 434 g/mol. The number of amides is 2. The molecule has 0 unspecified atom stereocenters. The lowest BCUT2D eigenvalue weighted by Gasteiger charge is -2.35. The number of hydrogen-bond acceptors (Lipinski definition) is 5. The molecule has 0 aromatic heterocycles. The van der Waals surface area contributed by atoms with Crippen LogP contribution in [0.1, 0.15) is 46.1 Å². The molecule has 0 bridgehead atoms. The molecule has 2 amide bonds. The predicted molar refractivity (Wildman–Crippen MR) is 116 cm³/mol. The molecular weight excluding hydrogens is 400 g/mol. The van der Waals surface area contributed by atoms with E-state index in [1.807, 2.05) is 30.3 Å². The van der Waals surface area contributed by atoms with Crippen molar-refractivity contribution in [3.8, 4) is 0 Å². The van der Waals surface area contributed by atoms with Crippen molar-refractivity contribution in [3.63, 3.8) is 0 Å². The highest BCUT2D eigenvalue weighted by Gasteiger charge is 2.41. The number of nitrogens with one attached hydrogen (secondary N) is 1. The maximum absolute atomic E-state index is 12.9. The Kier molecular flexibility index (Phi) is 8.44. The highest BCUT2D eigenvalue weighted by atomic mass is 16.6. The second kappa shape index (κ2) is 10.6. The molecule has 1 fully saturated rings. The Morgan fingerprint density at radius 3 is 2.42 bits per heavy atom. The summed E-state index contributed by atoms with van der Waals surface area (Å²) < 4.78 is 11.1. The summed E-state index contributed by atoms with van der Waals surface area (Å²) in [5.74, 6) is -2.18. The molecule has 2 N–H and O–H groups in total. The van der Waals surface area contributed by atoms with Gasteiger partial charge in [-0.2, -0.15) is 0 Å². The minimum absolute atomic E-state index is 0.180. The third-order valence-corrected chi connectivity index (χ3v) is 5.38. The van der Waals surface area contributed by atoms with Gasteiger partial charge in [0.05, 0.1) is 18.1 Å². The van der Waals surface area contributed by atoms with Crippen LogP contribution in [0, 0.1) is 5.92 Å². The molecule has 31 heavy (non-hydrogen) atoms. The minimum atomic E-state index is -1.10. The molecule has 8 nitrogen and oxygen atoms in total. The topological polar surface area (TPSA) is 105 Å². The number of hydrogen-bond donors (Lipinski definition) is 2. The molecular formula is C23H34N2O6. The predicted octanol–water partition coefficient (Wildman–Crippen LogP) is 2.85. The van der Waals surface area contributed by atoms with Crippen molar-refractivity contribution in [2.75, 3.05) is 13.7 Å². The van der Waals surface area contributed by atoms with Gasteiger partial charge < -0.3 is 24.8 Å². The van der Waals surface area contributed by atoms with Gasteiger partial charge in [0.1, 0.15) is 11.6 Å². The molecule has 1 aliphatic rings. The number of nitrogens with zero attached hydrogens (tertiary/aromatic N) is 1. The summed E-state index contributed by atoms with van der Waals surface area (Å²) in [7, 11) is 1.50. The fourth-order valence-corrected chi connectivity index (χ4v) is 3.88. The van der Waals surface area contributed by atoms with E-state index in [9.17, 15) is 19.5 Å². The number of rotatable bonds is 8. The first kappa shape index (κ1) is 24.7. The molecule has 1 saturated heterocycles. The Labute approximate surface area is 183 Å². The zero-order valence-electron chi connectivity index (χ0n) is 19.0. The van der Waals surface area contributed by atoms with Gasteiger partial charge in [0.15, 0.2) is 0 Å². The zero-order chi connectivity index (χ0) is 23.2. The molecule has 4 atom stereocenters. The van der Waals surface area contributed by atoms with Crippen LogP contribution in [0.5, 0.6) is 0 Å². The molecule has 1 aliphatic heterocycles. The van der Waals surface area contributed by atoms with E-state index in [1.54, 1.807) is 32.6 Å². The van der Waals surface area contributed by atoms with Gasteiger partial charge in [-0.15, -0.1) is 0 Å². The van der Waals surface area contributed by atoms with Gasteiger partial charge in [-0.05, 0) is 39.2 Å². The van der Waals surface area contributed by atoms with Crippen LogP contribution >= 0.6 is 0 Å². The van der Waals surface area contributed by atoms with Crippen molar-refractivity contribution in [2.24, 2.45) is 5.92 Å². The fourth-order valence-electron chi connectivity index (χ4n) is 3.88. The van der Waals surface area contributed by atoms with E-state index in [4.69, 9.17) is 9.47 Å². The van der Waals surface area contributed by atoms with Gasteiger partial charge in [0.25, 0.3) is 0 Å². The van der Waals surface area contributed by atoms with Gasteiger partial charge in [-0.1, -0.05) is 37.3 Å². The maximum Gasteiger partial charge on any atom is 0.410 e. The van der Waals surface area contributed by atoms with E-state index in [1.165, 1.54) is 7.11 Å². The van der Waals surface area contributed by atoms with Crippen LogP contribution in [-0.4, -0.2) is 65.4 Å². The Morgan fingerprint density at radius 1 is 1.23 bits per heavy atom. The smallest absolute Gasteiger partial charge is 0.410 e. The third kappa shape index (κ3) is 6.95. The van der Waals surface area contributed by atoms with Crippen molar-refractivity contribution >= 4 is 18.0 Å². The zero-order valence-corrected chi connectivity index (χ0v) is 19.0. The first-order valence-corrected chi connectivity index (χ1v) is 10.6. The molecule has 2 rings (SSSR count). The standard InChI is InChI=1S/C23H34N2O6/c1-15(20(26)24-17(21(27)28)14-16-10-7-6-8-11-16)19(30-5)18-12-9-13-25(18)22(29)31-23(2,3)4/h6-8,10-11,15,17-19H,9,12-14H2,1-5H3,(H,24,26)(H,27,28)/t15-,17+,18+,19-/m1/s1. The van der Waals surface area contributed by atoms with Crippen LogP contribution in [0.4, 0.5) is 4.79 Å². The Hall–Kier alpha value is -2.61. The second-order valence-electron chi connectivity index (χ2n) is 8.96. The quantitative estimate of drug-likeness (QED) is 0.652. The lowest BCUT2D eigenvalue weighted by molar-refractivity contribution is -0.143. The molecule has 0 aliphatic carbocycles. The number of carbonyl (C=O) groups excluding carboxylic acids is 2. The summed E-state index contributed by atoms with van der Waals surface area (Å²) in [4.78, 5) is 38.9. The Morgan fingerprint density at radius 2 is 1.87 bits per heavy atom. The molecule has 1 aromatic carbocycles. The van der Waals surface area contributed by atoms with Crippen LogP contribution in [0.15, 0.2) is 30.3 Å². The first-order chi connectivity index (χ1) is 14.5. The second-order valence-corrected chi connectivity index (χ2v) is 8.96. The summed E-state index contributed by atoms with van der Waals surface area (Å²) in [5.41, 5.74) is 0.195. The van der Waals surface area contributed by atoms with Gasteiger partial charge in [-0.3, -0.25) is 4.79 Å². The molecule has 1 heterocycles. The molecule has 1 aromatic rings. The van der Waals surface area contributed by atoms with Crippen molar-refractivity contribution in [2.45, 2.75) is 70.7 Å². The van der Waals surface area contributed by atoms with Gasteiger partial charge in [0.2, 0.25) is 5.91 Å². The third-order valence-electron chi connectivity index (χ3n) is 5.38. The van der Waals surface area contributed by atoms with Crippen LogP contribution in [0.2, 0.25) is 0 Å². The highest BCUT2D eigenvalue weighted by Crippen LogP contribution is 2.28. The summed E-state index contributed by atoms with van der Waals surface area (Å²) in [6.07, 6.45) is 0.629. The molecule has 172 valence electrons. The lowest BCUT2D eigenvalue weighted by atomic mass is 9.94. The van der Waals surface area contributed by atoms with Crippen LogP contribution < -0.4 is 5.32 Å². The summed E-state index contributed by atoms with van der Waals surface area (Å²) >= 11 is 0. The largest absolute Gasteiger partial charge is 0.480 e. The number of aliphatic carboxylic acids is 1. The van der Waals surface area contributed by atoms with Crippen molar-refractivity contribution in [1.82, 2.24) is 10.2 Å². The first-order valence-electron chi connectivity index (χ1n) is 10.6. The average molecular weight is 435 g/mol. The van der Waals surface area contributed by atoms with E-state index in [-0.39, 0.29) is 12.5 Å². The average Bonchev–Trinajstić information content (AvgIpc) is 3.17. The normalized spacial score (nSPS) is 19.4. The van der Waals surface area contributed by atoms with E-state index < -0.39 is 41.6 Å². The number of carbonyl (C=O) groups is 3. The fraction of sp³-hybridized carbons (Fsp3) is 0.609. The van der Waals surface area contributed by atoms with Gasteiger partial charge in [-0.25, -0.2) is 9.59 Å². The SMILES string of the molecule is CO[C@H]([C@@H](C)C(=O)N[C@@H](Cc1ccccc1)C(=O)O)[C@@H]1CCCN1C(=O)OC(C)(C)C. The summed E-state index contributed by atoms with van der Waals surface area (Å²) in [6, 6.07) is 7.76. The van der Waals surface area contributed by atoms with Gasteiger partial charge >= 0.3 is 12.1 Å². The number of benzene rings is 1. The van der Waals surface area contributed by atoms with E-state index >= 15 is 0 Å². The minimum Gasteiger partial charge on any atom is -0.480 e. The van der Waals surface area contributed by atoms with Crippen molar-refractivity contribution < 1.29 is 29.0 Å². The highest BCUT2D eigenvalue weighted by molar-refractivity contribution is 5.85. The van der Waals surface area contributed by atoms with Crippen molar-refractivity contribution in [3.05, 3.63) is 35.9 Å². The van der Waals surface area contributed by atoms with Crippen molar-refractivity contribution in [1.29, 1.82) is 0 Å². The number of methoxy groups -OCH3 is 1. The van der Waals surface area contributed by atoms with Crippen LogP contribution in [0.3, 0.4) is 0 Å². The Balaban J connectivity index is 2.08. The number of carboxylic acids is 1. The van der Waals surface area contributed by atoms with Crippen LogP contribution in [0.25, 0.3) is 0 Å². The lowest BCUT2D eigenvalue weighted by Crippen LogP contribution is -2.52. The van der Waals surface area contributed by atoms with Gasteiger partial charge in [0, 0.05) is 20.1 Å². The van der Waals surface area contributed by atoms with E-state index in [2.05, 4.69) is 5.32 Å². The molecule has 8 heteroatoms. The number of likely N-dealkylation sites (tertiary alicyclic amines) is 1. The molecule has 0 radical (unpaired) electrons. The maximum atomic E-state index is 12.9.